The van der Waals surface area contributed by atoms with Crippen molar-refractivity contribution in [3.63, 3.8) is 0 Å². The lowest BCUT2D eigenvalue weighted by atomic mass is 9.81. The van der Waals surface area contributed by atoms with Crippen LogP contribution in [0.5, 0.6) is 0 Å². The van der Waals surface area contributed by atoms with E-state index in [-0.39, 0.29) is 48.9 Å². The maximum atomic E-state index is 12.8. The summed E-state index contributed by atoms with van der Waals surface area (Å²) in [5.41, 5.74) is 5.10. The van der Waals surface area contributed by atoms with Crippen molar-refractivity contribution in [3.05, 3.63) is 46.1 Å². The van der Waals surface area contributed by atoms with E-state index in [0.717, 1.165) is 112 Å². The number of halogens is 6. The Morgan fingerprint density at radius 3 is 0.777 bits per heavy atom. The molecular weight excluding hydrogens is 1190 g/mol. The van der Waals surface area contributed by atoms with Crippen LogP contribution in [0.2, 0.25) is 0 Å². The molecule has 0 aromatic carbocycles. The van der Waals surface area contributed by atoms with Crippen LogP contribution in [-0.4, -0.2) is 76.3 Å². The van der Waals surface area contributed by atoms with Gasteiger partial charge in [0.25, 0.3) is 11.8 Å². The number of ether oxygens (including phenoxy) is 6. The van der Waals surface area contributed by atoms with Gasteiger partial charge >= 0.3 is 0 Å². The topological polar surface area (TPSA) is 55.4 Å². The van der Waals surface area contributed by atoms with Crippen LogP contribution in [0.4, 0.5) is 26.3 Å². The van der Waals surface area contributed by atoms with Gasteiger partial charge in [0.15, 0.2) is 12.6 Å². The van der Waals surface area contributed by atoms with E-state index in [1.807, 2.05) is 41.5 Å². The molecule has 0 aromatic rings. The Kier molecular flexibility index (Phi) is 47.8. The SMILES string of the molecule is CC1=C(F)CC(C)CC1.CC1=C(F)CC(C)CC1.CC1=CCC(C)CC1.CC1=CCC(C)CC1.CC1CCC(C)C(F)(F)C1.CC1CCC(C)C(F)(F)C1.CC1CCC(C)CC1.CC1CCC(C)OC1.CC1CCC(C)OC1.CC1COC(C)OC1.CC1COC(C)OC1. The van der Waals surface area contributed by atoms with Crippen LogP contribution in [-0.2, 0) is 28.4 Å². The molecule has 0 aromatic heterocycles. The van der Waals surface area contributed by atoms with Crippen molar-refractivity contribution in [2.45, 2.75) is 356 Å². The molecule has 4 saturated heterocycles. The summed E-state index contributed by atoms with van der Waals surface area (Å²) in [6.07, 6.45) is 34.1. The van der Waals surface area contributed by atoms with Crippen LogP contribution in [0.15, 0.2) is 46.1 Å². The molecule has 0 bridgehead atoms. The summed E-state index contributed by atoms with van der Waals surface area (Å²) in [5.74, 6) is 2.91. The molecule has 12 atom stereocenters. The van der Waals surface area contributed by atoms with E-state index in [9.17, 15) is 26.3 Å². The Morgan fingerprint density at radius 2 is 0.574 bits per heavy atom. The standard InChI is InChI=1S/2C8H14F2.2C8H13F.C8H16.2C8H14.2C7H14O.2C6H12O2/c2*1-6-3-4-7(2)8(9,10)5-6;2*1-6-3-4-7(2)8(9)5-6;3*1-7-3-5-8(2)6-4-7;2*1-6-3-4-7(2)8-5-6;2*1-5-3-7-6(2)8-4-5/h2*6-7H,3-5H2,1-2H3;2*6H,3-5H2,1-2H3;7-8H,3-6H2,1-2H3;2*3,8H,4-6H2,1-2H3;2*6-7H,3-5H2,1-2H3;2*5-6H,3-4H2,1-2H3. The maximum absolute atomic E-state index is 12.8. The van der Waals surface area contributed by atoms with Crippen LogP contribution in [0.1, 0.15) is 319 Å². The second-order valence-electron chi connectivity index (χ2n) is 32.7. The zero-order chi connectivity index (χ0) is 71.1. The number of hydrogen-bond acceptors (Lipinski definition) is 6. The molecule has 4 heterocycles. The minimum absolute atomic E-state index is 0.0196. The van der Waals surface area contributed by atoms with Crippen LogP contribution in [0.3, 0.4) is 0 Å². The number of hydrogen-bond donors (Lipinski definition) is 0. The smallest absolute Gasteiger partial charge is 0.250 e. The minimum Gasteiger partial charge on any atom is -0.378 e. The molecule has 0 N–H and O–H groups in total. The quantitative estimate of drug-likeness (QED) is 0.178. The van der Waals surface area contributed by atoms with Gasteiger partial charge in [0.1, 0.15) is 0 Å². The molecule has 0 spiro atoms. The largest absolute Gasteiger partial charge is 0.378 e. The highest BCUT2D eigenvalue weighted by molar-refractivity contribution is 5.09. The molecular formula is C82H150F6O6. The number of rotatable bonds is 0. The molecule has 556 valence electrons. The monoisotopic (exact) mass is 1350 g/mol. The summed E-state index contributed by atoms with van der Waals surface area (Å²) in [6, 6.07) is 0. The third kappa shape index (κ3) is 45.1. The molecule has 6 nitrogen and oxygen atoms in total. The molecule has 7 fully saturated rings. The summed E-state index contributed by atoms with van der Waals surface area (Å²) < 4.78 is 108. The van der Waals surface area contributed by atoms with E-state index in [1.165, 1.54) is 103 Å². The normalized spacial score (nSPS) is 36.0. The average molecular weight is 1350 g/mol. The molecule has 94 heavy (non-hydrogen) atoms. The summed E-state index contributed by atoms with van der Waals surface area (Å²) >= 11 is 0. The molecule has 4 aliphatic heterocycles. The van der Waals surface area contributed by atoms with Gasteiger partial charge in [0, 0.05) is 62.6 Å². The summed E-state index contributed by atoms with van der Waals surface area (Å²) in [4.78, 5) is 0. The predicted octanol–water partition coefficient (Wildman–Crippen LogP) is 26.3. The van der Waals surface area contributed by atoms with Crippen molar-refractivity contribution in [1.82, 2.24) is 0 Å². The van der Waals surface area contributed by atoms with Crippen molar-refractivity contribution in [1.29, 1.82) is 0 Å². The lowest BCUT2D eigenvalue weighted by Gasteiger charge is -2.32. The van der Waals surface area contributed by atoms with Gasteiger partial charge in [-0.15, -0.1) is 0 Å². The molecule has 7 aliphatic carbocycles. The summed E-state index contributed by atoms with van der Waals surface area (Å²) in [7, 11) is 0. The van der Waals surface area contributed by atoms with E-state index in [4.69, 9.17) is 28.4 Å². The van der Waals surface area contributed by atoms with Gasteiger partial charge in [-0.2, -0.15) is 0 Å². The van der Waals surface area contributed by atoms with Gasteiger partial charge in [0.05, 0.1) is 50.3 Å². The Bertz CT molecular complexity index is 1760. The van der Waals surface area contributed by atoms with E-state index in [2.05, 4.69) is 109 Å². The zero-order valence-electron chi connectivity index (χ0n) is 64.9. The van der Waals surface area contributed by atoms with Gasteiger partial charge in [-0.05, 0) is 228 Å². The fourth-order valence-corrected chi connectivity index (χ4v) is 12.4. The zero-order valence-corrected chi connectivity index (χ0v) is 64.9. The summed E-state index contributed by atoms with van der Waals surface area (Å²) in [5, 5.41) is 0. The predicted molar refractivity (Wildman–Crippen MR) is 387 cm³/mol. The van der Waals surface area contributed by atoms with E-state index in [1.54, 1.807) is 25.0 Å². The first-order chi connectivity index (χ1) is 44.0. The van der Waals surface area contributed by atoms with Crippen molar-refractivity contribution in [3.8, 4) is 0 Å². The molecule has 12 unspecified atom stereocenters. The Labute approximate surface area is 576 Å². The van der Waals surface area contributed by atoms with Gasteiger partial charge in [0.2, 0.25) is 0 Å². The second kappa shape index (κ2) is 49.8. The second-order valence-corrected chi connectivity index (χ2v) is 32.7. The molecule has 11 rings (SSSR count). The Morgan fingerprint density at radius 1 is 0.298 bits per heavy atom. The Balaban J connectivity index is 0.000000517. The third-order valence-corrected chi connectivity index (χ3v) is 20.9. The molecule has 3 saturated carbocycles. The molecule has 11 aliphatic rings. The van der Waals surface area contributed by atoms with Crippen molar-refractivity contribution in [2.24, 2.45) is 82.9 Å². The number of alkyl halides is 4. The first-order valence-corrected chi connectivity index (χ1v) is 38.4. The average Bonchev–Trinajstić information content (AvgIpc) is 1.16. The van der Waals surface area contributed by atoms with Crippen LogP contribution >= 0.6 is 0 Å². The van der Waals surface area contributed by atoms with Crippen LogP contribution in [0, 0.1) is 82.9 Å². The highest BCUT2D eigenvalue weighted by Crippen LogP contribution is 2.42. The number of allylic oxidation sites excluding steroid dienone is 8. The fraction of sp³-hybridized carbons (Fsp3) is 0.902. The van der Waals surface area contributed by atoms with Crippen LogP contribution < -0.4 is 0 Å². The van der Waals surface area contributed by atoms with Gasteiger partial charge in [-0.1, -0.05) is 159 Å². The molecule has 0 amide bonds. The van der Waals surface area contributed by atoms with Gasteiger partial charge in [-0.25, -0.2) is 26.3 Å². The third-order valence-electron chi connectivity index (χ3n) is 20.9. The highest BCUT2D eigenvalue weighted by Gasteiger charge is 2.42. The lowest BCUT2D eigenvalue weighted by molar-refractivity contribution is -0.187. The first kappa shape index (κ1) is 90.3. The molecule has 0 radical (unpaired) electrons. The summed E-state index contributed by atoms with van der Waals surface area (Å²) in [6.45, 7) is 51.1. The van der Waals surface area contributed by atoms with Crippen molar-refractivity contribution in [2.75, 3.05) is 39.6 Å². The van der Waals surface area contributed by atoms with Crippen molar-refractivity contribution < 1.29 is 54.8 Å². The minimum atomic E-state index is -2.39. The maximum Gasteiger partial charge on any atom is 0.250 e. The van der Waals surface area contributed by atoms with Crippen LogP contribution in [0.25, 0.3) is 0 Å². The lowest BCUT2D eigenvalue weighted by Crippen LogP contribution is -2.32. The van der Waals surface area contributed by atoms with E-state index >= 15 is 0 Å². The van der Waals surface area contributed by atoms with E-state index < -0.39 is 23.7 Å². The Hall–Kier alpha value is -1.70. The first-order valence-electron chi connectivity index (χ1n) is 38.4. The highest BCUT2D eigenvalue weighted by atomic mass is 19.3. The van der Waals surface area contributed by atoms with Gasteiger partial charge < -0.3 is 28.4 Å². The van der Waals surface area contributed by atoms with E-state index in [0.29, 0.717) is 61.6 Å². The fourth-order valence-electron chi connectivity index (χ4n) is 12.4. The van der Waals surface area contributed by atoms with Gasteiger partial charge in [-0.3, -0.25) is 0 Å². The molecule has 12 heteroatoms. The van der Waals surface area contributed by atoms with Crippen molar-refractivity contribution >= 4 is 0 Å².